The molecule has 10 nitrogen and oxygen atoms in total. The quantitative estimate of drug-likeness (QED) is 0.364. The third-order valence-corrected chi connectivity index (χ3v) is 6.66. The lowest BCUT2D eigenvalue weighted by Gasteiger charge is -2.28. The van der Waals surface area contributed by atoms with Crippen molar-refractivity contribution in [3.05, 3.63) is 82.9 Å². The molecule has 0 spiro atoms. The monoisotopic (exact) mass is 521 g/mol. The van der Waals surface area contributed by atoms with E-state index in [1.807, 2.05) is 38.4 Å². The van der Waals surface area contributed by atoms with Crippen LogP contribution in [0.25, 0.3) is 22.6 Å². The molecule has 0 aromatic carbocycles. The van der Waals surface area contributed by atoms with Gasteiger partial charge in [-0.15, -0.1) is 10.2 Å². The molecule has 5 aromatic heterocycles. The second kappa shape index (κ2) is 8.71. The molecule has 194 valence electrons. The van der Waals surface area contributed by atoms with Crippen LogP contribution in [0.4, 0.5) is 24.8 Å². The summed E-state index contributed by atoms with van der Waals surface area (Å²) in [5.41, 5.74) is 2.14. The minimum absolute atomic E-state index is 0.0912. The maximum absolute atomic E-state index is 15.5. The van der Waals surface area contributed by atoms with Gasteiger partial charge < -0.3 is 9.88 Å². The van der Waals surface area contributed by atoms with Gasteiger partial charge >= 0.3 is 6.05 Å². The Labute approximate surface area is 214 Å². The molecule has 0 fully saturated rings. The molecule has 0 saturated heterocycles. The lowest BCUT2D eigenvalue weighted by molar-refractivity contribution is -0.0535. The standard InChI is InChI=1S/C25H22F3N9O/c1-15-12-29-20(31-21-6-7-30-34(21)2)10-18(15)16-9-19-23-32-33-24(37(23)17(11-26)14-35(19)13-16)25(27,28)36-8-4-3-5-22(36)38/h3-10,12-13,17H,11,14H2,1-2H3,(H,29,31)/t17-/m0/s1. The number of halogens is 3. The van der Waals surface area contributed by atoms with Crippen LogP contribution in [0.1, 0.15) is 17.4 Å². The third kappa shape index (κ3) is 3.69. The molecule has 1 N–H and O–H groups in total. The number of pyridine rings is 2. The largest absolute Gasteiger partial charge is 0.392 e. The first-order chi connectivity index (χ1) is 18.3. The Bertz CT molecular complexity index is 1710. The van der Waals surface area contributed by atoms with Gasteiger partial charge in [-0.2, -0.15) is 13.9 Å². The molecule has 5 aromatic rings. The van der Waals surface area contributed by atoms with Crippen molar-refractivity contribution in [2.75, 3.05) is 12.0 Å². The Hall–Kier alpha value is -4.68. The van der Waals surface area contributed by atoms with Gasteiger partial charge in [-0.1, -0.05) is 6.07 Å². The summed E-state index contributed by atoms with van der Waals surface area (Å²) in [4.78, 5) is 16.6. The van der Waals surface area contributed by atoms with Gasteiger partial charge in [0.25, 0.3) is 5.56 Å². The Morgan fingerprint density at radius 2 is 2.03 bits per heavy atom. The van der Waals surface area contributed by atoms with Crippen LogP contribution in [0.3, 0.4) is 0 Å². The molecule has 38 heavy (non-hydrogen) atoms. The number of nitrogens with zero attached hydrogens (tertiary/aromatic N) is 8. The second-order valence-electron chi connectivity index (χ2n) is 9.09. The SMILES string of the molecule is Cc1cnc(Nc2ccnn2C)cc1-c1cc2n(c1)C[C@H](CF)n1c-2nnc1C(F)(F)n1ccccc1=O. The van der Waals surface area contributed by atoms with Crippen molar-refractivity contribution in [2.45, 2.75) is 25.6 Å². The summed E-state index contributed by atoms with van der Waals surface area (Å²) in [6, 6.07) is 4.41. The molecule has 6 heterocycles. The first-order valence-corrected chi connectivity index (χ1v) is 11.8. The summed E-state index contributed by atoms with van der Waals surface area (Å²) in [6.45, 7) is 1.08. The van der Waals surface area contributed by atoms with Crippen molar-refractivity contribution in [3.8, 4) is 22.6 Å². The lowest BCUT2D eigenvalue weighted by Crippen LogP contribution is -2.38. The van der Waals surface area contributed by atoms with E-state index in [2.05, 4.69) is 25.6 Å². The van der Waals surface area contributed by atoms with Crippen molar-refractivity contribution in [3.63, 3.8) is 0 Å². The zero-order valence-electron chi connectivity index (χ0n) is 20.4. The summed E-state index contributed by atoms with van der Waals surface area (Å²) in [7, 11) is 1.81. The normalized spacial score (nSPS) is 14.8. The molecular weight excluding hydrogens is 499 g/mol. The highest BCUT2D eigenvalue weighted by molar-refractivity contribution is 5.75. The van der Waals surface area contributed by atoms with E-state index < -0.39 is 30.1 Å². The lowest BCUT2D eigenvalue weighted by atomic mass is 10.1. The fraction of sp³-hybridized carbons (Fsp3) is 0.240. The van der Waals surface area contributed by atoms with Gasteiger partial charge in [0.2, 0.25) is 5.82 Å². The Balaban J connectivity index is 1.43. The molecule has 0 saturated carbocycles. The number of aryl methyl sites for hydroxylation is 2. The van der Waals surface area contributed by atoms with Gasteiger partial charge in [0.05, 0.1) is 17.9 Å². The zero-order chi connectivity index (χ0) is 26.6. The maximum Gasteiger partial charge on any atom is 0.392 e. The Morgan fingerprint density at radius 1 is 1.18 bits per heavy atom. The van der Waals surface area contributed by atoms with Crippen LogP contribution in [0.15, 0.2) is 66.0 Å². The summed E-state index contributed by atoms with van der Waals surface area (Å²) in [5, 5.41) is 15.1. The molecule has 0 aliphatic carbocycles. The van der Waals surface area contributed by atoms with E-state index in [-0.39, 0.29) is 16.9 Å². The average Bonchev–Trinajstić information content (AvgIpc) is 3.63. The Kier molecular flexibility index (Phi) is 5.44. The topological polar surface area (TPSA) is 100 Å². The highest BCUT2D eigenvalue weighted by atomic mass is 19.3. The van der Waals surface area contributed by atoms with Crippen LogP contribution in [0.2, 0.25) is 0 Å². The van der Waals surface area contributed by atoms with E-state index in [4.69, 9.17) is 0 Å². The van der Waals surface area contributed by atoms with Crippen molar-refractivity contribution in [1.82, 2.24) is 38.7 Å². The third-order valence-electron chi connectivity index (χ3n) is 6.66. The average molecular weight is 522 g/mol. The number of anilines is 2. The molecule has 1 atom stereocenters. The summed E-state index contributed by atoms with van der Waals surface area (Å²) in [6.07, 6.45) is 6.21. The highest BCUT2D eigenvalue weighted by Crippen LogP contribution is 2.39. The number of aromatic nitrogens is 8. The summed E-state index contributed by atoms with van der Waals surface area (Å²) < 4.78 is 50.1. The fourth-order valence-corrected chi connectivity index (χ4v) is 4.74. The molecule has 0 bridgehead atoms. The van der Waals surface area contributed by atoms with Crippen molar-refractivity contribution in [1.29, 1.82) is 0 Å². The molecule has 1 aliphatic rings. The molecule has 0 radical (unpaired) electrons. The molecule has 1 aliphatic heterocycles. The molecule has 13 heteroatoms. The van der Waals surface area contributed by atoms with Crippen LogP contribution in [0.5, 0.6) is 0 Å². The van der Waals surface area contributed by atoms with Crippen LogP contribution < -0.4 is 10.9 Å². The van der Waals surface area contributed by atoms with Gasteiger partial charge in [-0.25, -0.2) is 13.9 Å². The summed E-state index contributed by atoms with van der Waals surface area (Å²) >= 11 is 0. The number of nitrogens with one attached hydrogen (secondary N) is 1. The maximum atomic E-state index is 15.5. The first-order valence-electron chi connectivity index (χ1n) is 11.8. The van der Waals surface area contributed by atoms with Crippen LogP contribution >= 0.6 is 0 Å². The molecule has 0 amide bonds. The van der Waals surface area contributed by atoms with Gasteiger partial charge in [0.15, 0.2) is 5.82 Å². The van der Waals surface area contributed by atoms with E-state index in [0.29, 0.717) is 11.5 Å². The van der Waals surface area contributed by atoms with Gasteiger partial charge in [-0.05, 0) is 36.2 Å². The van der Waals surface area contributed by atoms with Gasteiger partial charge in [-0.3, -0.25) is 14.0 Å². The summed E-state index contributed by atoms with van der Waals surface area (Å²) in [5.74, 6) is 0.663. The predicted molar refractivity (Wildman–Crippen MR) is 133 cm³/mol. The minimum Gasteiger partial charge on any atom is -0.342 e. The highest BCUT2D eigenvalue weighted by Gasteiger charge is 2.44. The smallest absolute Gasteiger partial charge is 0.342 e. The number of hydrogen-bond donors (Lipinski definition) is 1. The predicted octanol–water partition coefficient (Wildman–Crippen LogP) is 3.88. The van der Waals surface area contributed by atoms with Crippen molar-refractivity contribution in [2.24, 2.45) is 7.05 Å². The second-order valence-corrected chi connectivity index (χ2v) is 9.09. The first kappa shape index (κ1) is 23.7. The van der Waals surface area contributed by atoms with Gasteiger partial charge in [0.1, 0.15) is 18.3 Å². The zero-order valence-corrected chi connectivity index (χ0v) is 20.4. The van der Waals surface area contributed by atoms with E-state index in [9.17, 15) is 9.18 Å². The van der Waals surface area contributed by atoms with Crippen LogP contribution in [0, 0.1) is 6.92 Å². The number of rotatable bonds is 6. The van der Waals surface area contributed by atoms with E-state index in [1.54, 1.807) is 21.6 Å². The Morgan fingerprint density at radius 3 is 2.76 bits per heavy atom. The molecule has 0 unspecified atom stereocenters. The van der Waals surface area contributed by atoms with E-state index >= 15 is 8.78 Å². The van der Waals surface area contributed by atoms with Crippen molar-refractivity contribution < 1.29 is 13.2 Å². The minimum atomic E-state index is -3.83. The van der Waals surface area contributed by atoms with E-state index in [0.717, 1.165) is 39.3 Å². The molecule has 6 rings (SSSR count). The van der Waals surface area contributed by atoms with Crippen molar-refractivity contribution >= 4 is 11.6 Å². The molecular formula is C25H22F3N9O. The van der Waals surface area contributed by atoms with Gasteiger partial charge in [0, 0.05) is 49.9 Å². The van der Waals surface area contributed by atoms with Crippen LogP contribution in [-0.4, -0.2) is 45.3 Å². The fourth-order valence-electron chi connectivity index (χ4n) is 4.74. The van der Waals surface area contributed by atoms with Crippen LogP contribution in [-0.2, 0) is 19.6 Å². The van der Waals surface area contributed by atoms with E-state index in [1.165, 1.54) is 12.1 Å². The number of hydrogen-bond acceptors (Lipinski definition) is 6. The number of fused-ring (bicyclic) bond motifs is 3. The number of alkyl halides is 3.